The maximum absolute atomic E-state index is 5.28. The molecule has 0 N–H and O–H groups in total. The van der Waals surface area contributed by atoms with Crippen LogP contribution in [-0.2, 0) is 0 Å². The topological polar surface area (TPSA) is 0 Å². The summed E-state index contributed by atoms with van der Waals surface area (Å²) in [6, 6.07) is 0. The monoisotopic (exact) mass is 288 g/mol. The Bertz CT molecular complexity index is 146. The van der Waals surface area contributed by atoms with Crippen molar-refractivity contribution in [3.05, 3.63) is 21.1 Å². The third-order valence-corrected chi connectivity index (χ3v) is 2.23. The normalized spacial score (nSPS) is 9.17. The molecule has 0 saturated heterocycles. The van der Waals surface area contributed by atoms with Gasteiger partial charge in [0.25, 0.3) is 0 Å². The van der Waals surface area contributed by atoms with Crippen LogP contribution in [0, 0.1) is 0 Å². The molecule has 72 valence electrons. The molecule has 0 spiro atoms. The molecule has 0 bridgehead atoms. The van der Waals surface area contributed by atoms with Gasteiger partial charge in [0, 0.05) is 11.4 Å². The third kappa shape index (κ3) is 13.8. The molecule has 0 unspecified atom stereocenters. The Morgan fingerprint density at radius 2 is 1.58 bits per heavy atom. The van der Waals surface area contributed by atoms with Gasteiger partial charge in [-0.1, -0.05) is 52.5 Å². The smallest absolute Gasteiger partial charge is 0.122 e. The average molecular weight is 291 g/mol. The number of hydrogen-bond donors (Lipinski definition) is 0. The number of alkyl halides is 2. The standard InChI is InChI=1S/C3H2Cl4.C3H4Cl2/c4-1-2(5)3(6)7;4-2-1-3-5/h1H2;1-2H,3H2/b;2-1+. The maximum atomic E-state index is 5.28. The van der Waals surface area contributed by atoms with Gasteiger partial charge in [0.1, 0.15) is 4.49 Å². The van der Waals surface area contributed by atoms with Gasteiger partial charge in [-0.3, -0.25) is 0 Å². The first-order valence-corrected chi connectivity index (χ1v) is 5.30. The van der Waals surface area contributed by atoms with Crippen LogP contribution in [0.25, 0.3) is 0 Å². The van der Waals surface area contributed by atoms with Crippen LogP contribution in [0.5, 0.6) is 0 Å². The van der Waals surface area contributed by atoms with E-state index < -0.39 is 0 Å². The zero-order valence-electron chi connectivity index (χ0n) is 5.84. The van der Waals surface area contributed by atoms with Crippen LogP contribution < -0.4 is 0 Å². The minimum absolute atomic E-state index is 0.0386. The second-order valence-electron chi connectivity index (χ2n) is 1.31. The second-order valence-corrected chi connectivity index (χ2v) is 3.55. The van der Waals surface area contributed by atoms with Gasteiger partial charge < -0.3 is 0 Å². The summed E-state index contributed by atoms with van der Waals surface area (Å²) in [4.78, 5) is 0. The quantitative estimate of drug-likeness (QED) is 0.622. The first kappa shape index (κ1) is 15.7. The highest BCUT2D eigenvalue weighted by molar-refractivity contribution is 6.60. The van der Waals surface area contributed by atoms with Gasteiger partial charge in [-0.25, -0.2) is 0 Å². The molecular weight excluding hydrogens is 285 g/mol. The Labute approximate surface area is 102 Å². The minimum Gasteiger partial charge on any atom is -0.122 e. The van der Waals surface area contributed by atoms with Crippen molar-refractivity contribution in [3.63, 3.8) is 0 Å². The van der Waals surface area contributed by atoms with Crippen LogP contribution in [0.4, 0.5) is 0 Å². The van der Waals surface area contributed by atoms with Gasteiger partial charge in [-0.15, -0.1) is 23.2 Å². The molecule has 0 nitrogen and oxygen atoms in total. The minimum atomic E-state index is 0.0386. The number of allylic oxidation sites excluding steroid dienone is 2. The number of halogens is 6. The van der Waals surface area contributed by atoms with Crippen LogP contribution in [-0.4, -0.2) is 11.8 Å². The van der Waals surface area contributed by atoms with E-state index in [1.54, 1.807) is 6.08 Å². The lowest BCUT2D eigenvalue weighted by Gasteiger charge is -1.85. The summed E-state index contributed by atoms with van der Waals surface area (Å²) >= 11 is 31.0. The number of hydrogen-bond acceptors (Lipinski definition) is 0. The maximum Gasteiger partial charge on any atom is 0.122 e. The van der Waals surface area contributed by atoms with Crippen molar-refractivity contribution in [2.45, 2.75) is 0 Å². The molecule has 6 heteroatoms. The average Bonchev–Trinajstić information content (AvgIpc) is 2.05. The summed E-state index contributed by atoms with van der Waals surface area (Å²) in [5.74, 6) is 0.674. The van der Waals surface area contributed by atoms with Crippen molar-refractivity contribution < 1.29 is 0 Å². The first-order valence-electron chi connectivity index (χ1n) is 2.66. The molecule has 0 aromatic heterocycles. The van der Waals surface area contributed by atoms with E-state index in [-0.39, 0.29) is 15.4 Å². The van der Waals surface area contributed by atoms with E-state index in [4.69, 9.17) is 69.6 Å². The molecule has 0 atom stereocenters. The van der Waals surface area contributed by atoms with E-state index >= 15 is 0 Å². The van der Waals surface area contributed by atoms with E-state index in [0.717, 1.165) is 0 Å². The van der Waals surface area contributed by atoms with E-state index in [2.05, 4.69) is 0 Å². The fraction of sp³-hybridized carbons (Fsp3) is 0.333. The molecule has 0 aliphatic heterocycles. The molecule has 0 aromatic rings. The Kier molecular flexibility index (Phi) is 16.0. The van der Waals surface area contributed by atoms with Crippen molar-refractivity contribution in [1.29, 1.82) is 0 Å². The zero-order chi connectivity index (χ0) is 9.98. The van der Waals surface area contributed by atoms with Crippen molar-refractivity contribution in [3.8, 4) is 0 Å². The summed E-state index contributed by atoms with van der Waals surface area (Å²) in [5, 5.41) is 0.282. The van der Waals surface area contributed by atoms with Gasteiger partial charge in [0.15, 0.2) is 0 Å². The van der Waals surface area contributed by atoms with Crippen LogP contribution in [0.15, 0.2) is 21.1 Å². The zero-order valence-corrected chi connectivity index (χ0v) is 10.4. The second kappa shape index (κ2) is 12.2. The highest BCUT2D eigenvalue weighted by atomic mass is 35.5. The van der Waals surface area contributed by atoms with E-state index in [0.29, 0.717) is 5.88 Å². The predicted octanol–water partition coefficient (Wildman–Crippen LogP) is 5.09. The largest absolute Gasteiger partial charge is 0.122 e. The van der Waals surface area contributed by atoms with Crippen LogP contribution in [0.3, 0.4) is 0 Å². The molecular formula is C6H6Cl6. The third-order valence-electron chi connectivity index (χ3n) is 0.501. The Morgan fingerprint density at radius 3 is 1.58 bits per heavy atom. The molecule has 0 heterocycles. The van der Waals surface area contributed by atoms with Crippen molar-refractivity contribution >= 4 is 69.6 Å². The molecule has 0 aromatic carbocycles. The molecule has 0 radical (unpaired) electrons. The van der Waals surface area contributed by atoms with Gasteiger partial charge >= 0.3 is 0 Å². The lowest BCUT2D eigenvalue weighted by atomic mass is 10.7. The summed E-state index contributed by atoms with van der Waals surface area (Å²) in [6.45, 7) is 0. The number of rotatable bonds is 2. The lowest BCUT2D eigenvalue weighted by molar-refractivity contribution is 1.69. The summed E-state index contributed by atoms with van der Waals surface area (Å²) in [6.07, 6.45) is 1.66. The van der Waals surface area contributed by atoms with E-state index in [9.17, 15) is 0 Å². The van der Waals surface area contributed by atoms with Crippen molar-refractivity contribution in [2.75, 3.05) is 11.8 Å². The van der Waals surface area contributed by atoms with E-state index in [1.807, 2.05) is 0 Å². The molecule has 0 saturated carbocycles. The molecule has 0 amide bonds. The van der Waals surface area contributed by atoms with Gasteiger partial charge in [0.05, 0.1) is 10.9 Å². The fourth-order valence-corrected chi connectivity index (χ4v) is 0.758. The Morgan fingerprint density at radius 1 is 1.08 bits per heavy atom. The Balaban J connectivity index is 0. The van der Waals surface area contributed by atoms with Crippen LogP contribution in [0.1, 0.15) is 0 Å². The SMILES string of the molecule is Cl/C=C/CCl.ClCC(Cl)=C(Cl)Cl. The summed E-state index contributed by atoms with van der Waals surface area (Å²) in [7, 11) is 0. The molecule has 0 fully saturated rings. The highest BCUT2D eigenvalue weighted by Crippen LogP contribution is 2.17. The Hall–Kier alpha value is 1.22. The molecule has 12 heavy (non-hydrogen) atoms. The van der Waals surface area contributed by atoms with Crippen molar-refractivity contribution in [2.24, 2.45) is 0 Å². The van der Waals surface area contributed by atoms with Crippen LogP contribution >= 0.6 is 69.6 Å². The van der Waals surface area contributed by atoms with Gasteiger partial charge in [-0.2, -0.15) is 0 Å². The summed E-state index contributed by atoms with van der Waals surface area (Å²) < 4.78 is 0.0386. The van der Waals surface area contributed by atoms with Gasteiger partial charge in [-0.05, 0) is 0 Å². The van der Waals surface area contributed by atoms with Crippen LogP contribution in [0.2, 0.25) is 0 Å². The molecule has 0 aliphatic carbocycles. The van der Waals surface area contributed by atoms with Gasteiger partial charge in [0.2, 0.25) is 0 Å². The molecule has 0 rings (SSSR count). The fourth-order valence-electron chi connectivity index (χ4n) is 0.0842. The first-order chi connectivity index (χ1) is 5.59. The molecule has 0 aliphatic rings. The lowest BCUT2D eigenvalue weighted by Crippen LogP contribution is -1.69. The summed E-state index contributed by atoms with van der Waals surface area (Å²) in [5.41, 5.74) is 1.40. The van der Waals surface area contributed by atoms with E-state index in [1.165, 1.54) is 5.54 Å². The highest BCUT2D eigenvalue weighted by Gasteiger charge is 1.92. The predicted molar refractivity (Wildman–Crippen MR) is 61.0 cm³/mol. The van der Waals surface area contributed by atoms with Crippen molar-refractivity contribution in [1.82, 2.24) is 0 Å².